The van der Waals surface area contributed by atoms with Crippen molar-refractivity contribution in [2.24, 2.45) is 0 Å². The van der Waals surface area contributed by atoms with E-state index in [1.54, 1.807) is 24.3 Å². The Balaban J connectivity index is 1.72. The maximum atomic E-state index is 12.1. The number of carbonyl (C=O) groups is 1. The van der Waals surface area contributed by atoms with Crippen LogP contribution in [-0.4, -0.2) is 19.2 Å². The summed E-state index contributed by atoms with van der Waals surface area (Å²) in [6.07, 6.45) is 0.785. The molecule has 0 spiro atoms. The van der Waals surface area contributed by atoms with Gasteiger partial charge in [0.15, 0.2) is 11.5 Å². The molecule has 1 aliphatic rings. The molecule has 3 rings (SSSR count). The number of benzene rings is 2. The Morgan fingerprint density at radius 2 is 1.92 bits per heavy atom. The maximum absolute atomic E-state index is 12.1. The predicted octanol–water partition coefficient (Wildman–Crippen LogP) is 4.09. The molecule has 2 aromatic carbocycles. The van der Waals surface area contributed by atoms with E-state index in [1.165, 1.54) is 6.07 Å². The molecule has 24 heavy (non-hydrogen) atoms. The third-order valence-corrected chi connectivity index (χ3v) is 4.09. The van der Waals surface area contributed by atoms with Gasteiger partial charge in [0.2, 0.25) is 0 Å². The van der Waals surface area contributed by atoms with Crippen molar-refractivity contribution in [1.29, 1.82) is 0 Å². The van der Waals surface area contributed by atoms with Crippen LogP contribution >= 0.6 is 23.2 Å². The van der Waals surface area contributed by atoms with Gasteiger partial charge in [-0.05, 0) is 35.9 Å². The summed E-state index contributed by atoms with van der Waals surface area (Å²) in [7, 11) is 0. The van der Waals surface area contributed by atoms with E-state index in [0.717, 1.165) is 6.42 Å². The van der Waals surface area contributed by atoms with E-state index in [1.807, 2.05) is 0 Å². The molecular formula is C17H15Cl2NO4. The molecule has 0 atom stereocenters. The first-order valence-electron chi connectivity index (χ1n) is 7.35. The number of hydrogen-bond acceptors (Lipinski definition) is 5. The van der Waals surface area contributed by atoms with Gasteiger partial charge in [-0.2, -0.15) is 0 Å². The van der Waals surface area contributed by atoms with Crippen LogP contribution in [-0.2, 0) is 11.3 Å². The Bertz CT molecular complexity index is 779. The first-order chi connectivity index (χ1) is 11.5. The highest BCUT2D eigenvalue weighted by atomic mass is 35.5. The standard InChI is InChI=1S/C17H15Cl2NO4/c18-12-3-2-11(8-14(12)20)17(21)24-9-10-6-13(19)16-15(7-10)22-4-1-5-23-16/h2-3,6-8H,1,4-5,9,20H2. The normalized spacial score (nSPS) is 13.2. The number of halogens is 2. The van der Waals surface area contributed by atoms with Gasteiger partial charge in [0.1, 0.15) is 6.61 Å². The average molecular weight is 368 g/mol. The van der Waals surface area contributed by atoms with E-state index in [4.69, 9.17) is 43.1 Å². The van der Waals surface area contributed by atoms with Crippen LogP contribution in [0.15, 0.2) is 30.3 Å². The van der Waals surface area contributed by atoms with Crippen molar-refractivity contribution in [2.75, 3.05) is 18.9 Å². The van der Waals surface area contributed by atoms with Crippen molar-refractivity contribution in [3.05, 3.63) is 51.5 Å². The van der Waals surface area contributed by atoms with Crippen molar-refractivity contribution in [3.63, 3.8) is 0 Å². The Hall–Kier alpha value is -2.11. The zero-order valence-corrected chi connectivity index (χ0v) is 14.2. The molecule has 0 bridgehead atoms. The van der Waals surface area contributed by atoms with E-state index >= 15 is 0 Å². The van der Waals surface area contributed by atoms with Crippen molar-refractivity contribution in [3.8, 4) is 11.5 Å². The van der Waals surface area contributed by atoms with Crippen molar-refractivity contribution in [1.82, 2.24) is 0 Å². The molecule has 0 amide bonds. The molecule has 0 saturated carbocycles. The van der Waals surface area contributed by atoms with Crippen LogP contribution in [0.5, 0.6) is 11.5 Å². The molecule has 1 heterocycles. The van der Waals surface area contributed by atoms with Gasteiger partial charge in [-0.1, -0.05) is 23.2 Å². The highest BCUT2D eigenvalue weighted by Crippen LogP contribution is 2.38. The number of carbonyl (C=O) groups excluding carboxylic acids is 1. The van der Waals surface area contributed by atoms with Gasteiger partial charge in [-0.3, -0.25) is 0 Å². The van der Waals surface area contributed by atoms with Gasteiger partial charge in [-0.15, -0.1) is 0 Å². The van der Waals surface area contributed by atoms with Crippen LogP contribution < -0.4 is 15.2 Å². The molecule has 1 aliphatic heterocycles. The quantitative estimate of drug-likeness (QED) is 0.653. The number of hydrogen-bond donors (Lipinski definition) is 1. The van der Waals surface area contributed by atoms with Gasteiger partial charge in [-0.25, -0.2) is 4.79 Å². The van der Waals surface area contributed by atoms with E-state index < -0.39 is 5.97 Å². The Kier molecular flexibility index (Phi) is 5.02. The van der Waals surface area contributed by atoms with E-state index in [-0.39, 0.29) is 6.61 Å². The third kappa shape index (κ3) is 3.68. The number of nitrogen functional groups attached to an aromatic ring is 1. The smallest absolute Gasteiger partial charge is 0.338 e. The maximum Gasteiger partial charge on any atom is 0.338 e. The summed E-state index contributed by atoms with van der Waals surface area (Å²) in [5.74, 6) is 0.582. The fraction of sp³-hybridized carbons (Fsp3) is 0.235. The summed E-state index contributed by atoms with van der Waals surface area (Å²) in [5.41, 5.74) is 7.05. The number of fused-ring (bicyclic) bond motifs is 1. The van der Waals surface area contributed by atoms with Crippen molar-refractivity contribution >= 4 is 34.9 Å². The first kappa shape index (κ1) is 16.7. The molecular weight excluding hydrogens is 353 g/mol. The summed E-state index contributed by atoms with van der Waals surface area (Å²) in [5, 5.41) is 0.817. The number of esters is 1. The van der Waals surface area contributed by atoms with Crippen molar-refractivity contribution < 1.29 is 19.0 Å². The fourth-order valence-electron chi connectivity index (χ4n) is 2.27. The van der Waals surface area contributed by atoms with Crippen LogP contribution in [0.1, 0.15) is 22.3 Å². The van der Waals surface area contributed by atoms with Crippen LogP contribution in [0.3, 0.4) is 0 Å². The summed E-state index contributed by atoms with van der Waals surface area (Å²) in [6.45, 7) is 1.16. The SMILES string of the molecule is Nc1cc(C(=O)OCc2cc(Cl)c3c(c2)OCCCO3)ccc1Cl. The Morgan fingerprint density at radius 3 is 2.71 bits per heavy atom. The molecule has 126 valence electrons. The summed E-state index contributed by atoms with van der Waals surface area (Å²) in [6, 6.07) is 8.04. The number of anilines is 1. The first-order valence-corrected chi connectivity index (χ1v) is 8.10. The largest absolute Gasteiger partial charge is 0.489 e. The lowest BCUT2D eigenvalue weighted by Crippen LogP contribution is -2.06. The second kappa shape index (κ2) is 7.20. The lowest BCUT2D eigenvalue weighted by atomic mass is 10.2. The molecule has 0 fully saturated rings. The summed E-state index contributed by atoms with van der Waals surface area (Å²) < 4.78 is 16.5. The average Bonchev–Trinajstić information content (AvgIpc) is 2.81. The van der Waals surface area contributed by atoms with E-state index in [0.29, 0.717) is 51.6 Å². The van der Waals surface area contributed by atoms with Gasteiger partial charge in [0.05, 0.1) is 34.5 Å². The third-order valence-electron chi connectivity index (χ3n) is 3.46. The molecule has 0 aromatic heterocycles. The molecule has 0 aliphatic carbocycles. The monoisotopic (exact) mass is 367 g/mol. The minimum atomic E-state index is -0.499. The highest BCUT2D eigenvalue weighted by Gasteiger charge is 2.16. The molecule has 0 radical (unpaired) electrons. The molecule has 0 unspecified atom stereocenters. The minimum absolute atomic E-state index is 0.0533. The Labute approximate surface area is 149 Å². The van der Waals surface area contributed by atoms with E-state index in [2.05, 4.69) is 0 Å². The van der Waals surface area contributed by atoms with E-state index in [9.17, 15) is 4.79 Å². The zero-order chi connectivity index (χ0) is 17.1. The molecule has 2 N–H and O–H groups in total. The zero-order valence-electron chi connectivity index (χ0n) is 12.7. The lowest BCUT2D eigenvalue weighted by Gasteiger charge is -2.12. The lowest BCUT2D eigenvalue weighted by molar-refractivity contribution is 0.0472. The number of nitrogens with two attached hydrogens (primary N) is 1. The van der Waals surface area contributed by atoms with Crippen LogP contribution in [0.2, 0.25) is 10.0 Å². The number of ether oxygens (including phenoxy) is 3. The minimum Gasteiger partial charge on any atom is -0.489 e. The Morgan fingerprint density at radius 1 is 1.12 bits per heavy atom. The van der Waals surface area contributed by atoms with Gasteiger partial charge >= 0.3 is 5.97 Å². The molecule has 7 heteroatoms. The van der Waals surface area contributed by atoms with Crippen LogP contribution in [0, 0.1) is 0 Å². The van der Waals surface area contributed by atoms with Crippen LogP contribution in [0.4, 0.5) is 5.69 Å². The van der Waals surface area contributed by atoms with Crippen molar-refractivity contribution in [2.45, 2.75) is 13.0 Å². The topological polar surface area (TPSA) is 70.8 Å². The summed E-state index contributed by atoms with van der Waals surface area (Å²) in [4.78, 5) is 12.1. The second-order valence-electron chi connectivity index (χ2n) is 5.27. The highest BCUT2D eigenvalue weighted by molar-refractivity contribution is 6.33. The number of rotatable bonds is 3. The fourth-order valence-corrected chi connectivity index (χ4v) is 2.68. The summed E-state index contributed by atoms with van der Waals surface area (Å²) >= 11 is 12.1. The van der Waals surface area contributed by atoms with Gasteiger partial charge < -0.3 is 19.9 Å². The molecule has 5 nitrogen and oxygen atoms in total. The van der Waals surface area contributed by atoms with Gasteiger partial charge in [0.25, 0.3) is 0 Å². The predicted molar refractivity (Wildman–Crippen MR) is 92.0 cm³/mol. The second-order valence-corrected chi connectivity index (χ2v) is 6.08. The molecule has 2 aromatic rings. The molecule has 0 saturated heterocycles. The van der Waals surface area contributed by atoms with Gasteiger partial charge in [0, 0.05) is 6.42 Å². The van der Waals surface area contributed by atoms with Crippen LogP contribution in [0.25, 0.3) is 0 Å².